The van der Waals surface area contributed by atoms with Gasteiger partial charge in [0.25, 0.3) is 5.91 Å². The van der Waals surface area contributed by atoms with Crippen LogP contribution < -0.4 is 16.0 Å². The van der Waals surface area contributed by atoms with E-state index in [1.165, 1.54) is 0 Å². The molecule has 9 rings (SSSR count). The van der Waals surface area contributed by atoms with Gasteiger partial charge in [-0.05, 0) is 97.8 Å². The fraction of sp³-hybridized carbons (Fsp3) is 0.0870. The Kier molecular flexibility index (Phi) is 11.2. The molecule has 0 unspecified atom stereocenters. The number of benzene rings is 5. The normalized spacial score (nSPS) is 11.9. The molecule has 5 aromatic carbocycles. The van der Waals surface area contributed by atoms with Crippen LogP contribution in [-0.2, 0) is 0 Å². The Morgan fingerprint density at radius 2 is 1.03 bits per heavy atom. The van der Waals surface area contributed by atoms with E-state index >= 15 is 0 Å². The van der Waals surface area contributed by atoms with Gasteiger partial charge in [0.2, 0.25) is 11.9 Å². The fourth-order valence-corrected chi connectivity index (χ4v) is 6.56. The topological polar surface area (TPSA) is 178 Å². The van der Waals surface area contributed by atoms with E-state index in [2.05, 4.69) is 45.9 Å². The second kappa shape index (κ2) is 17.5. The molecule has 9 aromatic rings. The predicted molar refractivity (Wildman–Crippen MR) is 232 cm³/mol. The first-order valence-corrected chi connectivity index (χ1v) is 19.1. The van der Waals surface area contributed by atoms with Crippen molar-refractivity contribution in [2.24, 2.45) is 0 Å². The highest BCUT2D eigenvalue weighted by molar-refractivity contribution is 6.04. The lowest BCUT2D eigenvalue weighted by Crippen LogP contribution is -2.14. The molecule has 4 heterocycles. The van der Waals surface area contributed by atoms with Crippen LogP contribution >= 0.6 is 0 Å². The molecule has 60 heavy (non-hydrogen) atoms. The Labute approximate surface area is 344 Å². The van der Waals surface area contributed by atoms with E-state index in [9.17, 15) is 9.59 Å². The third-order valence-electron chi connectivity index (χ3n) is 9.69. The minimum atomic E-state index is -0.950. The Morgan fingerprint density at radius 1 is 0.550 bits per heavy atom. The fourth-order valence-electron chi connectivity index (χ4n) is 6.56. The number of imidazole rings is 2. The van der Waals surface area contributed by atoms with Crippen molar-refractivity contribution in [3.05, 3.63) is 187 Å². The van der Waals surface area contributed by atoms with Gasteiger partial charge in [0.15, 0.2) is 0 Å². The summed E-state index contributed by atoms with van der Waals surface area (Å²) in [5.74, 6) is 1.28. The minimum Gasteiger partial charge on any atom is -0.478 e. The number of rotatable bonds is 11. The van der Waals surface area contributed by atoms with Gasteiger partial charge in [-0.3, -0.25) is 13.9 Å². The number of carbonyl (C=O) groups is 2. The maximum Gasteiger partial charge on any atom is 0.335 e. The van der Waals surface area contributed by atoms with E-state index in [0.29, 0.717) is 23.3 Å². The van der Waals surface area contributed by atoms with E-state index in [1.54, 1.807) is 49.3 Å². The maximum absolute atomic E-state index is 12.7. The number of anilines is 3. The Morgan fingerprint density at radius 3 is 1.57 bits per heavy atom. The number of carboxylic acids is 1. The molecular formula is C46H39N11O3. The van der Waals surface area contributed by atoms with Crippen molar-refractivity contribution < 1.29 is 14.7 Å². The van der Waals surface area contributed by atoms with Gasteiger partial charge in [-0.2, -0.15) is 9.97 Å². The van der Waals surface area contributed by atoms with Crippen LogP contribution in [-0.4, -0.2) is 56.0 Å². The standard InChI is InChI=1S/C26H22N6O.C20H17N5O2/c1-18(19-8-7-9-20(16-19)25(33)30-21-10-3-2-4-11-21)29-26-27-15-14-24(31-26)32-17-28-22-12-5-6-13-23(22)32;1-13(14-5-4-6-15(11-14)19(26)27)23-20-21-10-9-18(24-20)25-12-22-16-7-2-3-8-17(16)25/h2-18H,1H3,(H,30,33)(H,27,29,31);2-13H,1H3,(H,26,27)(H,21,23,24)/t18-;13-/m00/s1. The summed E-state index contributed by atoms with van der Waals surface area (Å²) in [5.41, 5.74) is 7.14. The molecule has 2 atom stereocenters. The summed E-state index contributed by atoms with van der Waals surface area (Å²) in [6, 6.07) is 42.9. The summed E-state index contributed by atoms with van der Waals surface area (Å²) in [7, 11) is 0. The van der Waals surface area contributed by atoms with Gasteiger partial charge in [0, 0.05) is 23.6 Å². The monoisotopic (exact) mass is 793 g/mol. The van der Waals surface area contributed by atoms with E-state index in [-0.39, 0.29) is 23.6 Å². The van der Waals surface area contributed by atoms with Crippen molar-refractivity contribution >= 4 is 51.5 Å². The number of carbonyl (C=O) groups excluding carboxylic acids is 1. The third-order valence-corrected chi connectivity index (χ3v) is 9.69. The summed E-state index contributed by atoms with van der Waals surface area (Å²) in [6.45, 7) is 3.94. The van der Waals surface area contributed by atoms with Gasteiger partial charge < -0.3 is 21.1 Å². The number of nitrogens with one attached hydrogen (secondary N) is 3. The first-order chi connectivity index (χ1) is 29.3. The van der Waals surface area contributed by atoms with Gasteiger partial charge in [0.1, 0.15) is 24.3 Å². The van der Waals surface area contributed by atoms with Gasteiger partial charge in [0.05, 0.1) is 39.7 Å². The van der Waals surface area contributed by atoms with Crippen LogP contribution in [0.3, 0.4) is 0 Å². The molecule has 0 fully saturated rings. The van der Waals surface area contributed by atoms with Crippen LogP contribution in [0.2, 0.25) is 0 Å². The largest absolute Gasteiger partial charge is 0.478 e. The molecule has 4 N–H and O–H groups in total. The lowest BCUT2D eigenvalue weighted by molar-refractivity contribution is 0.0696. The zero-order valence-corrected chi connectivity index (χ0v) is 32.6. The molecule has 0 spiro atoms. The Bertz CT molecular complexity index is 2930. The van der Waals surface area contributed by atoms with E-state index in [4.69, 9.17) is 5.11 Å². The summed E-state index contributed by atoms with van der Waals surface area (Å²) >= 11 is 0. The zero-order chi connectivity index (χ0) is 41.4. The van der Waals surface area contributed by atoms with Crippen LogP contribution in [0.15, 0.2) is 165 Å². The maximum atomic E-state index is 12.7. The Balaban J connectivity index is 0.000000170. The van der Waals surface area contributed by atoms with Crippen molar-refractivity contribution in [3.8, 4) is 11.6 Å². The van der Waals surface area contributed by atoms with Crippen LogP contribution in [0.25, 0.3) is 33.7 Å². The van der Waals surface area contributed by atoms with Crippen molar-refractivity contribution in [3.63, 3.8) is 0 Å². The highest BCUT2D eigenvalue weighted by Crippen LogP contribution is 2.23. The molecule has 0 radical (unpaired) electrons. The highest BCUT2D eigenvalue weighted by atomic mass is 16.4. The number of hydrogen-bond acceptors (Lipinski definition) is 10. The smallest absolute Gasteiger partial charge is 0.335 e. The number of aromatic nitrogens is 8. The molecule has 0 aliphatic carbocycles. The number of nitrogens with zero attached hydrogens (tertiary/aromatic N) is 8. The molecule has 1 amide bonds. The van der Waals surface area contributed by atoms with Crippen LogP contribution in [0.4, 0.5) is 17.6 Å². The van der Waals surface area contributed by atoms with Crippen LogP contribution in [0.1, 0.15) is 57.8 Å². The molecule has 0 aliphatic rings. The molecular weight excluding hydrogens is 755 g/mol. The average Bonchev–Trinajstić information content (AvgIpc) is 3.93. The van der Waals surface area contributed by atoms with E-state index in [0.717, 1.165) is 44.7 Å². The van der Waals surface area contributed by atoms with Gasteiger partial charge in [-0.1, -0.05) is 66.7 Å². The first kappa shape index (κ1) is 38.6. The van der Waals surface area contributed by atoms with Crippen molar-refractivity contribution in [2.75, 3.05) is 16.0 Å². The molecule has 296 valence electrons. The minimum absolute atomic E-state index is 0.107. The molecule has 0 bridgehead atoms. The number of hydrogen-bond donors (Lipinski definition) is 4. The summed E-state index contributed by atoms with van der Waals surface area (Å²) in [6.07, 6.45) is 6.89. The molecule has 0 aliphatic heterocycles. The lowest BCUT2D eigenvalue weighted by Gasteiger charge is -2.16. The highest BCUT2D eigenvalue weighted by Gasteiger charge is 2.14. The van der Waals surface area contributed by atoms with Crippen molar-refractivity contribution in [2.45, 2.75) is 25.9 Å². The number of carboxylic acid groups (broad SMARTS) is 1. The van der Waals surface area contributed by atoms with Gasteiger partial charge in [-0.15, -0.1) is 0 Å². The quantitative estimate of drug-likeness (QED) is 0.0983. The second-order valence-electron chi connectivity index (χ2n) is 13.8. The lowest BCUT2D eigenvalue weighted by atomic mass is 10.0. The summed E-state index contributed by atoms with van der Waals surface area (Å²) in [5, 5.41) is 18.6. The molecule has 0 saturated carbocycles. The number of fused-ring (bicyclic) bond motifs is 2. The molecule has 0 saturated heterocycles. The average molecular weight is 794 g/mol. The summed E-state index contributed by atoms with van der Waals surface area (Å²) in [4.78, 5) is 50.5. The van der Waals surface area contributed by atoms with Crippen LogP contribution in [0, 0.1) is 0 Å². The second-order valence-corrected chi connectivity index (χ2v) is 13.8. The number of aromatic carboxylic acids is 1. The predicted octanol–water partition coefficient (Wildman–Crippen LogP) is 8.93. The summed E-state index contributed by atoms with van der Waals surface area (Å²) < 4.78 is 3.83. The van der Waals surface area contributed by atoms with Crippen LogP contribution in [0.5, 0.6) is 0 Å². The van der Waals surface area contributed by atoms with Crippen molar-refractivity contribution in [1.82, 2.24) is 39.0 Å². The van der Waals surface area contributed by atoms with Gasteiger partial charge in [-0.25, -0.2) is 24.7 Å². The van der Waals surface area contributed by atoms with E-state index in [1.807, 2.05) is 138 Å². The van der Waals surface area contributed by atoms with Gasteiger partial charge >= 0.3 is 5.97 Å². The number of amides is 1. The van der Waals surface area contributed by atoms with Crippen molar-refractivity contribution in [1.29, 1.82) is 0 Å². The number of para-hydroxylation sites is 5. The third kappa shape index (κ3) is 8.82. The molecule has 14 nitrogen and oxygen atoms in total. The Hall–Kier alpha value is -8.26. The SMILES string of the molecule is C[C@H](Nc1nccc(-n2cnc3ccccc32)n1)c1cccc(C(=O)Nc2ccccc2)c1.C[C@H](Nc1nccc(-n2cnc3ccccc32)n1)c1cccc(C(=O)O)c1. The zero-order valence-electron chi connectivity index (χ0n) is 32.6. The van der Waals surface area contributed by atoms with E-state index < -0.39 is 5.97 Å². The molecule has 14 heteroatoms. The molecule has 4 aromatic heterocycles. The first-order valence-electron chi connectivity index (χ1n) is 19.1.